The summed E-state index contributed by atoms with van der Waals surface area (Å²) in [5.41, 5.74) is 2.39. The molecule has 2 rings (SSSR count). The van der Waals surface area contributed by atoms with Crippen LogP contribution in [0.15, 0.2) is 36.4 Å². The van der Waals surface area contributed by atoms with Gasteiger partial charge in [-0.1, -0.05) is 36.4 Å². The summed E-state index contributed by atoms with van der Waals surface area (Å²) in [7, 11) is -3.18. The average Bonchev–Trinajstić information content (AvgIpc) is 2.40. The summed E-state index contributed by atoms with van der Waals surface area (Å²) >= 11 is 5.51. The smallest absolute Gasteiger partial charge is 0.212 e. The third-order valence-electron chi connectivity index (χ3n) is 3.04. The first-order valence-corrected chi connectivity index (χ1v) is 8.06. The molecule has 0 radical (unpaired) electrons. The van der Waals surface area contributed by atoms with Gasteiger partial charge in [-0.05, 0) is 17.6 Å². The van der Waals surface area contributed by atoms with Gasteiger partial charge in [0.05, 0.1) is 5.75 Å². The largest absolute Gasteiger partial charge is 0.215 e. The first-order valence-electron chi connectivity index (χ1n) is 5.92. The summed E-state index contributed by atoms with van der Waals surface area (Å²) in [6, 6.07) is 10.1. The van der Waals surface area contributed by atoms with Crippen LogP contribution in [0.1, 0.15) is 12.0 Å². The average molecular weight is 286 g/mol. The van der Waals surface area contributed by atoms with Crippen LogP contribution in [0, 0.1) is 0 Å². The normalized spacial score (nSPS) is 17.5. The molecule has 1 aliphatic rings. The highest BCUT2D eigenvalue weighted by Crippen LogP contribution is 2.23. The summed E-state index contributed by atoms with van der Waals surface area (Å²) in [4.78, 5) is 0. The predicted octanol–water partition coefficient (Wildman–Crippen LogP) is 2.34. The van der Waals surface area contributed by atoms with E-state index in [1.165, 1.54) is 15.4 Å². The van der Waals surface area contributed by atoms with Crippen molar-refractivity contribution >= 4 is 27.2 Å². The summed E-state index contributed by atoms with van der Waals surface area (Å²) in [6.45, 7) is 0.989. The third-order valence-corrected chi connectivity index (χ3v) is 5.30. The first kappa shape index (κ1) is 13.6. The minimum atomic E-state index is -3.18. The zero-order chi connectivity index (χ0) is 13.0. The van der Waals surface area contributed by atoms with Crippen molar-refractivity contribution < 1.29 is 8.42 Å². The maximum absolute atomic E-state index is 11.8. The van der Waals surface area contributed by atoms with Crippen molar-refractivity contribution in [3.63, 3.8) is 0 Å². The fourth-order valence-corrected chi connectivity index (χ4v) is 3.75. The number of rotatable bonds is 4. The zero-order valence-corrected chi connectivity index (χ0v) is 11.6. The van der Waals surface area contributed by atoms with E-state index >= 15 is 0 Å². The van der Waals surface area contributed by atoms with Crippen LogP contribution in [0.3, 0.4) is 0 Å². The van der Waals surface area contributed by atoms with Crippen molar-refractivity contribution in [3.8, 4) is 0 Å². The van der Waals surface area contributed by atoms with E-state index in [-0.39, 0.29) is 11.6 Å². The molecule has 1 aromatic rings. The molecule has 0 amide bonds. The number of nitrogens with zero attached hydrogens (tertiary/aromatic N) is 1. The standard InChI is InChI=1S/C13H16ClNO2S/c14-8-11-18(16,17)15-9-6-13(7-10-15)12-4-2-1-3-5-12/h1-6H,7-11H2. The molecule has 98 valence electrons. The molecule has 0 unspecified atom stereocenters. The van der Waals surface area contributed by atoms with E-state index < -0.39 is 10.0 Å². The molecular formula is C13H16ClNO2S. The number of halogens is 1. The molecule has 0 saturated heterocycles. The summed E-state index contributed by atoms with van der Waals surface area (Å²) in [5.74, 6) is 0.164. The number of benzene rings is 1. The summed E-state index contributed by atoms with van der Waals surface area (Å²) < 4.78 is 25.2. The van der Waals surface area contributed by atoms with Gasteiger partial charge in [0, 0.05) is 19.0 Å². The Morgan fingerprint density at radius 2 is 1.94 bits per heavy atom. The van der Waals surface area contributed by atoms with Crippen LogP contribution in [0.5, 0.6) is 0 Å². The Morgan fingerprint density at radius 1 is 1.22 bits per heavy atom. The molecule has 3 nitrogen and oxygen atoms in total. The number of hydrogen-bond donors (Lipinski definition) is 0. The monoisotopic (exact) mass is 285 g/mol. The van der Waals surface area contributed by atoms with E-state index in [4.69, 9.17) is 11.6 Å². The molecule has 0 fully saturated rings. The molecular weight excluding hydrogens is 270 g/mol. The van der Waals surface area contributed by atoms with Crippen molar-refractivity contribution in [2.75, 3.05) is 24.7 Å². The van der Waals surface area contributed by atoms with Gasteiger partial charge in [0.1, 0.15) is 0 Å². The third kappa shape index (κ3) is 3.13. The Hall–Kier alpha value is -0.840. The maximum Gasteiger partial charge on any atom is 0.215 e. The quantitative estimate of drug-likeness (QED) is 0.797. The Labute approximate surface area is 113 Å². The number of sulfonamides is 1. The molecule has 0 saturated carbocycles. The van der Waals surface area contributed by atoms with Crippen LogP contribution in [-0.4, -0.2) is 37.4 Å². The van der Waals surface area contributed by atoms with Gasteiger partial charge in [-0.25, -0.2) is 8.42 Å². The second kappa shape index (κ2) is 5.87. The summed E-state index contributed by atoms with van der Waals surface area (Å²) in [6.07, 6.45) is 2.75. The fraction of sp³-hybridized carbons (Fsp3) is 0.385. The van der Waals surface area contributed by atoms with Crippen LogP contribution in [0.4, 0.5) is 0 Å². The topological polar surface area (TPSA) is 37.4 Å². The Bertz CT molecular complexity index is 525. The predicted molar refractivity (Wildman–Crippen MR) is 75.1 cm³/mol. The SMILES string of the molecule is O=S(=O)(CCCl)N1CC=C(c2ccccc2)CC1. The molecule has 0 bridgehead atoms. The molecule has 0 atom stereocenters. The molecule has 18 heavy (non-hydrogen) atoms. The van der Waals surface area contributed by atoms with E-state index in [2.05, 4.69) is 12.1 Å². The highest BCUT2D eigenvalue weighted by Gasteiger charge is 2.23. The molecule has 0 aromatic heterocycles. The lowest BCUT2D eigenvalue weighted by atomic mass is 10.0. The van der Waals surface area contributed by atoms with Gasteiger partial charge < -0.3 is 0 Å². The highest BCUT2D eigenvalue weighted by atomic mass is 35.5. The van der Waals surface area contributed by atoms with Crippen molar-refractivity contribution in [1.82, 2.24) is 4.31 Å². The van der Waals surface area contributed by atoms with E-state index in [0.29, 0.717) is 13.1 Å². The zero-order valence-electron chi connectivity index (χ0n) is 10.0. The van der Waals surface area contributed by atoms with Crippen LogP contribution in [0.25, 0.3) is 5.57 Å². The summed E-state index contributed by atoms with van der Waals surface area (Å²) in [5, 5.41) is 0. The molecule has 0 N–H and O–H groups in total. The Kier molecular flexibility index (Phi) is 4.43. The minimum Gasteiger partial charge on any atom is -0.212 e. The minimum absolute atomic E-state index is 0.0169. The molecule has 0 aliphatic carbocycles. The highest BCUT2D eigenvalue weighted by molar-refractivity contribution is 7.89. The first-order chi connectivity index (χ1) is 8.63. The van der Waals surface area contributed by atoms with E-state index in [1.807, 2.05) is 24.3 Å². The lowest BCUT2D eigenvalue weighted by Crippen LogP contribution is -2.36. The van der Waals surface area contributed by atoms with Crippen molar-refractivity contribution in [2.24, 2.45) is 0 Å². The van der Waals surface area contributed by atoms with Crippen LogP contribution < -0.4 is 0 Å². The van der Waals surface area contributed by atoms with Gasteiger partial charge in [-0.15, -0.1) is 11.6 Å². The van der Waals surface area contributed by atoms with Crippen LogP contribution >= 0.6 is 11.6 Å². The van der Waals surface area contributed by atoms with Crippen molar-refractivity contribution in [2.45, 2.75) is 6.42 Å². The van der Waals surface area contributed by atoms with Gasteiger partial charge in [0.15, 0.2) is 0 Å². The second-order valence-corrected chi connectivity index (χ2v) is 6.67. The molecule has 1 aliphatic heterocycles. The van der Waals surface area contributed by atoms with Gasteiger partial charge in [0.25, 0.3) is 0 Å². The maximum atomic E-state index is 11.8. The molecule has 1 aromatic carbocycles. The number of alkyl halides is 1. The van der Waals surface area contributed by atoms with E-state index in [1.54, 1.807) is 0 Å². The Balaban J connectivity index is 2.09. The van der Waals surface area contributed by atoms with Gasteiger partial charge in [-0.2, -0.15) is 4.31 Å². The van der Waals surface area contributed by atoms with Crippen molar-refractivity contribution in [3.05, 3.63) is 42.0 Å². The molecule has 0 spiro atoms. The Morgan fingerprint density at radius 3 is 2.50 bits per heavy atom. The van der Waals surface area contributed by atoms with Gasteiger partial charge in [-0.3, -0.25) is 0 Å². The second-order valence-electron chi connectivity index (χ2n) is 4.21. The fourth-order valence-electron chi connectivity index (χ4n) is 2.04. The van der Waals surface area contributed by atoms with Crippen LogP contribution in [0.2, 0.25) is 0 Å². The lowest BCUT2D eigenvalue weighted by Gasteiger charge is -2.25. The van der Waals surface area contributed by atoms with E-state index in [0.717, 1.165) is 6.42 Å². The van der Waals surface area contributed by atoms with Gasteiger partial charge >= 0.3 is 0 Å². The van der Waals surface area contributed by atoms with Crippen LogP contribution in [-0.2, 0) is 10.0 Å². The van der Waals surface area contributed by atoms with E-state index in [9.17, 15) is 8.42 Å². The molecule has 5 heteroatoms. The van der Waals surface area contributed by atoms with Gasteiger partial charge in [0.2, 0.25) is 10.0 Å². The van der Waals surface area contributed by atoms with Crippen molar-refractivity contribution in [1.29, 1.82) is 0 Å². The molecule has 1 heterocycles. The lowest BCUT2D eigenvalue weighted by molar-refractivity contribution is 0.442. The number of hydrogen-bond acceptors (Lipinski definition) is 2.